The third-order valence-corrected chi connectivity index (χ3v) is 3.12. The second-order valence-electron chi connectivity index (χ2n) is 4.67. The number of hydrogen-bond donors (Lipinski definition) is 1. The molecule has 1 saturated heterocycles. The Balaban J connectivity index is 1.86. The van der Waals surface area contributed by atoms with E-state index in [0.29, 0.717) is 6.42 Å². The quantitative estimate of drug-likeness (QED) is 0.818. The van der Waals surface area contributed by atoms with Crippen molar-refractivity contribution >= 4 is 11.8 Å². The lowest BCUT2D eigenvalue weighted by Gasteiger charge is -2.27. The first kappa shape index (κ1) is 12.8. The predicted molar refractivity (Wildman–Crippen MR) is 66.8 cm³/mol. The summed E-state index contributed by atoms with van der Waals surface area (Å²) in [6.07, 6.45) is 0.443. The Labute approximate surface area is 106 Å². The number of esters is 1. The van der Waals surface area contributed by atoms with Gasteiger partial charge < -0.3 is 4.74 Å². The van der Waals surface area contributed by atoms with Crippen LogP contribution in [0.25, 0.3) is 0 Å². The SMILES string of the molecule is C[C@H]1CC(=O)CN[C@@H]1C(=O)OCc1ccccc1. The first-order valence-corrected chi connectivity index (χ1v) is 6.12. The minimum absolute atomic E-state index is 0.00507. The Bertz CT molecular complexity index is 430. The minimum atomic E-state index is -0.369. The summed E-state index contributed by atoms with van der Waals surface area (Å²) in [7, 11) is 0. The van der Waals surface area contributed by atoms with Crippen LogP contribution in [0.2, 0.25) is 0 Å². The van der Waals surface area contributed by atoms with Crippen molar-refractivity contribution in [1.29, 1.82) is 0 Å². The molecule has 96 valence electrons. The normalized spacial score (nSPS) is 23.7. The lowest BCUT2D eigenvalue weighted by Crippen LogP contribution is -2.50. The van der Waals surface area contributed by atoms with Gasteiger partial charge in [0.2, 0.25) is 0 Å². The number of nitrogens with one attached hydrogen (secondary N) is 1. The van der Waals surface area contributed by atoms with Crippen LogP contribution in [0.1, 0.15) is 18.9 Å². The summed E-state index contributed by atoms with van der Waals surface area (Å²) in [5.74, 6) is -0.136. The minimum Gasteiger partial charge on any atom is -0.460 e. The number of ether oxygens (including phenoxy) is 1. The number of hydrogen-bond acceptors (Lipinski definition) is 4. The van der Waals surface area contributed by atoms with Crippen molar-refractivity contribution < 1.29 is 14.3 Å². The molecule has 1 N–H and O–H groups in total. The van der Waals surface area contributed by atoms with E-state index in [0.717, 1.165) is 5.56 Å². The highest BCUT2D eigenvalue weighted by atomic mass is 16.5. The van der Waals surface area contributed by atoms with Crippen LogP contribution in [0, 0.1) is 5.92 Å². The molecule has 4 nitrogen and oxygen atoms in total. The molecule has 0 spiro atoms. The molecule has 1 aliphatic heterocycles. The Morgan fingerprint density at radius 1 is 1.39 bits per heavy atom. The second-order valence-corrected chi connectivity index (χ2v) is 4.67. The molecule has 4 heteroatoms. The molecular weight excluding hydrogens is 230 g/mol. The number of ketones is 1. The fourth-order valence-electron chi connectivity index (χ4n) is 2.11. The first-order chi connectivity index (χ1) is 8.66. The number of rotatable bonds is 3. The van der Waals surface area contributed by atoms with Crippen LogP contribution in [-0.2, 0) is 20.9 Å². The van der Waals surface area contributed by atoms with Gasteiger partial charge in [0.15, 0.2) is 0 Å². The van der Waals surface area contributed by atoms with E-state index in [1.54, 1.807) is 0 Å². The highest BCUT2D eigenvalue weighted by Crippen LogP contribution is 2.15. The summed E-state index contributed by atoms with van der Waals surface area (Å²) in [5.41, 5.74) is 0.963. The maximum absolute atomic E-state index is 11.9. The predicted octanol–water partition coefficient (Wildman–Crippen LogP) is 1.30. The molecule has 0 bridgehead atoms. The zero-order valence-electron chi connectivity index (χ0n) is 10.4. The van der Waals surface area contributed by atoms with E-state index in [-0.39, 0.29) is 36.9 Å². The maximum Gasteiger partial charge on any atom is 0.323 e. The molecule has 0 aliphatic carbocycles. The maximum atomic E-state index is 11.9. The van der Waals surface area contributed by atoms with Gasteiger partial charge in [-0.3, -0.25) is 14.9 Å². The molecular formula is C14H17NO3. The molecule has 2 atom stereocenters. The van der Waals surface area contributed by atoms with Crippen molar-refractivity contribution in [2.24, 2.45) is 5.92 Å². The van der Waals surface area contributed by atoms with Gasteiger partial charge in [-0.05, 0) is 11.5 Å². The van der Waals surface area contributed by atoms with Gasteiger partial charge in [-0.1, -0.05) is 37.3 Å². The molecule has 1 aliphatic rings. The van der Waals surface area contributed by atoms with E-state index in [9.17, 15) is 9.59 Å². The van der Waals surface area contributed by atoms with Gasteiger partial charge >= 0.3 is 5.97 Å². The van der Waals surface area contributed by atoms with E-state index >= 15 is 0 Å². The van der Waals surface area contributed by atoms with Gasteiger partial charge in [0.05, 0.1) is 6.54 Å². The fraction of sp³-hybridized carbons (Fsp3) is 0.429. The molecule has 0 amide bonds. The fourth-order valence-corrected chi connectivity index (χ4v) is 2.11. The van der Waals surface area contributed by atoms with Gasteiger partial charge in [0, 0.05) is 6.42 Å². The lowest BCUT2D eigenvalue weighted by molar-refractivity contribution is -0.150. The molecule has 0 aromatic heterocycles. The summed E-state index contributed by atoms with van der Waals surface area (Å²) >= 11 is 0. The van der Waals surface area contributed by atoms with Crippen molar-refractivity contribution in [2.75, 3.05) is 6.54 Å². The van der Waals surface area contributed by atoms with E-state index in [1.807, 2.05) is 37.3 Å². The van der Waals surface area contributed by atoms with Gasteiger partial charge in [0.25, 0.3) is 0 Å². The van der Waals surface area contributed by atoms with E-state index in [1.165, 1.54) is 0 Å². The van der Waals surface area contributed by atoms with Crippen molar-refractivity contribution in [3.05, 3.63) is 35.9 Å². The topological polar surface area (TPSA) is 55.4 Å². The molecule has 1 aromatic rings. The zero-order chi connectivity index (χ0) is 13.0. The molecule has 18 heavy (non-hydrogen) atoms. The van der Waals surface area contributed by atoms with Crippen LogP contribution in [0.4, 0.5) is 0 Å². The summed E-state index contributed by atoms with van der Waals surface area (Å²) < 4.78 is 5.26. The summed E-state index contributed by atoms with van der Waals surface area (Å²) in [6.45, 7) is 2.42. The Morgan fingerprint density at radius 2 is 2.11 bits per heavy atom. The van der Waals surface area contributed by atoms with Crippen LogP contribution < -0.4 is 5.32 Å². The first-order valence-electron chi connectivity index (χ1n) is 6.12. The number of carbonyl (C=O) groups excluding carboxylic acids is 2. The van der Waals surface area contributed by atoms with Crippen LogP contribution in [0.3, 0.4) is 0 Å². The van der Waals surface area contributed by atoms with Crippen molar-refractivity contribution in [3.63, 3.8) is 0 Å². The van der Waals surface area contributed by atoms with Gasteiger partial charge in [0.1, 0.15) is 18.4 Å². The number of Topliss-reactive ketones (excluding diaryl/α,β-unsaturated/α-hetero) is 1. The number of carbonyl (C=O) groups is 2. The van der Waals surface area contributed by atoms with Crippen molar-refractivity contribution in [1.82, 2.24) is 5.32 Å². The van der Waals surface area contributed by atoms with Crippen LogP contribution >= 0.6 is 0 Å². The van der Waals surface area contributed by atoms with E-state index in [4.69, 9.17) is 4.74 Å². The average molecular weight is 247 g/mol. The second kappa shape index (κ2) is 5.78. The molecule has 1 aromatic carbocycles. The monoisotopic (exact) mass is 247 g/mol. The van der Waals surface area contributed by atoms with E-state index < -0.39 is 0 Å². The highest BCUT2D eigenvalue weighted by molar-refractivity contribution is 5.85. The molecule has 0 saturated carbocycles. The molecule has 1 heterocycles. The van der Waals surface area contributed by atoms with Crippen molar-refractivity contribution in [3.8, 4) is 0 Å². The average Bonchev–Trinajstić information content (AvgIpc) is 2.37. The van der Waals surface area contributed by atoms with Crippen LogP contribution in [0.15, 0.2) is 30.3 Å². The lowest BCUT2D eigenvalue weighted by atomic mass is 9.92. The third-order valence-electron chi connectivity index (χ3n) is 3.12. The van der Waals surface area contributed by atoms with Crippen LogP contribution in [-0.4, -0.2) is 24.3 Å². The Hall–Kier alpha value is -1.68. The largest absolute Gasteiger partial charge is 0.460 e. The van der Waals surface area contributed by atoms with E-state index in [2.05, 4.69) is 5.32 Å². The Kier molecular flexibility index (Phi) is 4.10. The highest BCUT2D eigenvalue weighted by Gasteiger charge is 2.31. The number of benzene rings is 1. The summed E-state index contributed by atoms with van der Waals surface area (Å²) in [5, 5.41) is 2.93. The van der Waals surface area contributed by atoms with Crippen LogP contribution in [0.5, 0.6) is 0 Å². The Morgan fingerprint density at radius 3 is 2.78 bits per heavy atom. The zero-order valence-corrected chi connectivity index (χ0v) is 10.4. The molecule has 0 unspecified atom stereocenters. The summed E-state index contributed by atoms with van der Waals surface area (Å²) in [6, 6.07) is 9.18. The third kappa shape index (κ3) is 3.17. The van der Waals surface area contributed by atoms with Gasteiger partial charge in [-0.2, -0.15) is 0 Å². The van der Waals surface area contributed by atoms with Gasteiger partial charge in [-0.25, -0.2) is 0 Å². The smallest absolute Gasteiger partial charge is 0.323 e. The van der Waals surface area contributed by atoms with Crippen molar-refractivity contribution in [2.45, 2.75) is 26.0 Å². The molecule has 0 radical (unpaired) electrons. The molecule has 1 fully saturated rings. The number of piperidine rings is 1. The standard InChI is InChI=1S/C14H17NO3/c1-10-7-12(16)8-15-13(10)14(17)18-9-11-5-3-2-4-6-11/h2-6,10,13,15H,7-9H2,1H3/t10-,13-/m0/s1. The van der Waals surface area contributed by atoms with Gasteiger partial charge in [-0.15, -0.1) is 0 Å². The molecule has 2 rings (SSSR count). The summed E-state index contributed by atoms with van der Waals surface area (Å²) in [4.78, 5) is 23.1.